The van der Waals surface area contributed by atoms with Crippen molar-refractivity contribution in [3.8, 4) is 0 Å². The predicted molar refractivity (Wildman–Crippen MR) is 56.5 cm³/mol. The van der Waals surface area contributed by atoms with Crippen LogP contribution in [0.2, 0.25) is 0 Å². The fourth-order valence-electron chi connectivity index (χ4n) is 0.661. The summed E-state index contributed by atoms with van der Waals surface area (Å²) in [5.74, 6) is 0. The van der Waals surface area contributed by atoms with Gasteiger partial charge in [0.25, 0.3) is 3.12 Å². The first-order chi connectivity index (χ1) is 5.52. The van der Waals surface area contributed by atoms with Crippen molar-refractivity contribution in [2.24, 2.45) is 9.39 Å². The van der Waals surface area contributed by atoms with Crippen molar-refractivity contribution in [3.05, 3.63) is 0 Å². The standard InChI is InChI=1S/C5H7Cl3N2OS/c1-2-11-12(5(6,7)8)4-9-3-10-12/h3-4H,2H2,1H3. The fraction of sp³-hybridized carbons (Fsp3) is 0.600. The van der Waals surface area contributed by atoms with Gasteiger partial charge in [0.2, 0.25) is 0 Å². The summed E-state index contributed by atoms with van der Waals surface area (Å²) in [7, 11) is -2.15. The lowest BCUT2D eigenvalue weighted by Crippen LogP contribution is -2.17. The molecule has 7 heteroatoms. The van der Waals surface area contributed by atoms with Crippen LogP contribution in [-0.4, -0.2) is 21.6 Å². The van der Waals surface area contributed by atoms with Gasteiger partial charge < -0.3 is 4.18 Å². The zero-order valence-corrected chi connectivity index (χ0v) is 9.29. The summed E-state index contributed by atoms with van der Waals surface area (Å²) in [6.07, 6.45) is 1.34. The highest BCUT2D eigenvalue weighted by molar-refractivity contribution is 8.43. The Labute approximate surface area is 87.4 Å². The van der Waals surface area contributed by atoms with Gasteiger partial charge in [-0.2, -0.15) is 4.40 Å². The molecule has 1 aliphatic heterocycles. The minimum absolute atomic E-state index is 0.437. The Bertz CT molecular complexity index is 213. The van der Waals surface area contributed by atoms with E-state index in [2.05, 4.69) is 9.39 Å². The van der Waals surface area contributed by atoms with Crippen LogP contribution in [0.4, 0.5) is 0 Å². The SMILES string of the molecule is CCOS1(C(Cl)(Cl)Cl)C=NC=N1. The first kappa shape index (κ1) is 10.6. The number of rotatable bonds is 2. The lowest BCUT2D eigenvalue weighted by molar-refractivity contribution is 0.388. The first-order valence-electron chi connectivity index (χ1n) is 3.13. The molecule has 0 amide bonds. The van der Waals surface area contributed by atoms with Crippen molar-refractivity contribution >= 4 is 57.2 Å². The van der Waals surface area contributed by atoms with Gasteiger partial charge in [0.05, 0.1) is 12.2 Å². The van der Waals surface area contributed by atoms with Gasteiger partial charge in [0.1, 0.15) is 6.34 Å². The van der Waals surface area contributed by atoms with Gasteiger partial charge in [-0.15, -0.1) is 0 Å². The van der Waals surface area contributed by atoms with Gasteiger partial charge in [-0.1, -0.05) is 34.8 Å². The summed E-state index contributed by atoms with van der Waals surface area (Å²) in [4.78, 5) is 3.76. The van der Waals surface area contributed by atoms with Crippen LogP contribution in [0.5, 0.6) is 0 Å². The molecule has 1 atom stereocenters. The molecule has 0 N–H and O–H groups in total. The Balaban J connectivity index is 2.88. The molecule has 0 aromatic heterocycles. The second kappa shape index (κ2) is 3.72. The van der Waals surface area contributed by atoms with Crippen LogP contribution < -0.4 is 0 Å². The van der Waals surface area contributed by atoms with E-state index >= 15 is 0 Å². The molecular formula is C5H7Cl3N2OS. The molecule has 0 spiro atoms. The molecule has 0 saturated carbocycles. The number of halogens is 3. The number of alkyl halides is 3. The van der Waals surface area contributed by atoms with E-state index in [-0.39, 0.29) is 0 Å². The molecule has 1 unspecified atom stereocenters. The maximum atomic E-state index is 5.71. The Morgan fingerprint density at radius 3 is 2.50 bits per heavy atom. The molecule has 0 aliphatic carbocycles. The highest BCUT2D eigenvalue weighted by Gasteiger charge is 2.45. The minimum atomic E-state index is -2.15. The maximum absolute atomic E-state index is 5.71. The Morgan fingerprint density at radius 1 is 1.50 bits per heavy atom. The van der Waals surface area contributed by atoms with E-state index < -0.39 is 13.6 Å². The van der Waals surface area contributed by atoms with Crippen LogP contribution in [0.25, 0.3) is 0 Å². The zero-order chi connectivity index (χ0) is 9.24. The van der Waals surface area contributed by atoms with E-state index in [4.69, 9.17) is 39.0 Å². The molecule has 0 bridgehead atoms. The van der Waals surface area contributed by atoms with Crippen molar-refractivity contribution in [1.82, 2.24) is 0 Å². The molecule has 0 saturated heterocycles. The molecular weight excluding hydrogens is 242 g/mol. The fourth-order valence-corrected chi connectivity index (χ4v) is 3.10. The van der Waals surface area contributed by atoms with Crippen molar-refractivity contribution in [1.29, 1.82) is 0 Å². The smallest absolute Gasteiger partial charge is 0.265 e. The van der Waals surface area contributed by atoms with E-state index in [0.29, 0.717) is 6.61 Å². The van der Waals surface area contributed by atoms with E-state index in [1.807, 2.05) is 6.92 Å². The summed E-state index contributed by atoms with van der Waals surface area (Å²) in [6.45, 7) is 2.25. The molecule has 70 valence electrons. The highest BCUT2D eigenvalue weighted by atomic mass is 35.6. The summed E-state index contributed by atoms with van der Waals surface area (Å²) >= 11 is 17.1. The Morgan fingerprint density at radius 2 is 2.17 bits per heavy atom. The number of aliphatic imine (C=N–C) groups is 1. The molecule has 3 nitrogen and oxygen atoms in total. The third kappa shape index (κ3) is 1.88. The average molecular weight is 250 g/mol. The summed E-state index contributed by atoms with van der Waals surface area (Å²) in [5, 5.41) is 0. The van der Waals surface area contributed by atoms with Crippen LogP contribution in [0, 0.1) is 0 Å². The number of hydrogen-bond donors (Lipinski definition) is 0. The third-order valence-corrected chi connectivity index (χ3v) is 5.17. The van der Waals surface area contributed by atoms with Crippen LogP contribution in [0.1, 0.15) is 6.92 Å². The van der Waals surface area contributed by atoms with Gasteiger partial charge in [-0.3, -0.25) is 0 Å². The molecule has 12 heavy (non-hydrogen) atoms. The largest absolute Gasteiger partial charge is 0.308 e. The first-order valence-corrected chi connectivity index (χ1v) is 5.84. The van der Waals surface area contributed by atoms with Crippen molar-refractivity contribution in [2.45, 2.75) is 10.0 Å². The van der Waals surface area contributed by atoms with Crippen LogP contribution in [0.3, 0.4) is 0 Å². The molecule has 1 aliphatic rings. The second-order valence-corrected chi connectivity index (χ2v) is 7.26. The molecule has 1 heterocycles. The summed E-state index contributed by atoms with van der Waals surface area (Å²) < 4.78 is 7.70. The van der Waals surface area contributed by atoms with Crippen LogP contribution >= 0.6 is 45.3 Å². The van der Waals surface area contributed by atoms with E-state index in [0.717, 1.165) is 0 Å². The lowest BCUT2D eigenvalue weighted by Gasteiger charge is -2.33. The Hall–Kier alpha value is 0.520. The normalized spacial score (nSPS) is 33.7. The van der Waals surface area contributed by atoms with Crippen molar-refractivity contribution in [3.63, 3.8) is 0 Å². The van der Waals surface area contributed by atoms with E-state index in [9.17, 15) is 0 Å². The Kier molecular flexibility index (Phi) is 3.28. The van der Waals surface area contributed by atoms with E-state index in [1.165, 1.54) is 11.9 Å². The number of nitrogens with zero attached hydrogens (tertiary/aromatic N) is 2. The average Bonchev–Trinajstić information content (AvgIpc) is 2.36. The predicted octanol–water partition coefficient (Wildman–Crippen LogP) is 3.06. The van der Waals surface area contributed by atoms with E-state index in [1.54, 1.807) is 0 Å². The topological polar surface area (TPSA) is 34.0 Å². The van der Waals surface area contributed by atoms with Crippen LogP contribution in [-0.2, 0) is 4.18 Å². The van der Waals surface area contributed by atoms with Gasteiger partial charge >= 0.3 is 0 Å². The van der Waals surface area contributed by atoms with Crippen molar-refractivity contribution in [2.75, 3.05) is 6.61 Å². The lowest BCUT2D eigenvalue weighted by atomic mass is 10.9. The zero-order valence-electron chi connectivity index (χ0n) is 6.21. The molecule has 0 radical (unpaired) electrons. The van der Waals surface area contributed by atoms with Gasteiger partial charge in [-0.25, -0.2) is 4.99 Å². The van der Waals surface area contributed by atoms with Gasteiger partial charge in [-0.05, 0) is 6.92 Å². The monoisotopic (exact) mass is 248 g/mol. The highest BCUT2D eigenvalue weighted by Crippen LogP contribution is 2.66. The molecule has 0 aromatic rings. The van der Waals surface area contributed by atoms with Crippen molar-refractivity contribution < 1.29 is 4.18 Å². The quantitative estimate of drug-likeness (QED) is 0.693. The third-order valence-electron chi connectivity index (χ3n) is 1.10. The molecule has 0 aromatic carbocycles. The number of hydrogen-bond acceptors (Lipinski definition) is 3. The van der Waals surface area contributed by atoms with Gasteiger partial charge in [0.15, 0.2) is 0 Å². The summed E-state index contributed by atoms with van der Waals surface area (Å²) in [5.41, 5.74) is 1.46. The maximum Gasteiger partial charge on any atom is 0.265 e. The van der Waals surface area contributed by atoms with Crippen LogP contribution in [0.15, 0.2) is 9.39 Å². The second-order valence-electron chi connectivity index (χ2n) is 1.90. The van der Waals surface area contributed by atoms with Gasteiger partial charge in [0, 0.05) is 10.5 Å². The molecule has 0 fully saturated rings. The molecule has 1 rings (SSSR count). The minimum Gasteiger partial charge on any atom is -0.308 e. The summed E-state index contributed by atoms with van der Waals surface area (Å²) in [6, 6.07) is 0.